The molecule has 3 aliphatic rings. The van der Waals surface area contributed by atoms with Crippen LogP contribution in [0.15, 0.2) is 43.1 Å². The van der Waals surface area contributed by atoms with E-state index in [4.69, 9.17) is 0 Å². The van der Waals surface area contributed by atoms with Crippen molar-refractivity contribution in [1.29, 1.82) is 0 Å². The smallest absolute Gasteiger partial charge is 0.116 e. The van der Waals surface area contributed by atoms with E-state index in [1.54, 1.807) is 24.4 Å². The van der Waals surface area contributed by atoms with Gasteiger partial charge in [0.1, 0.15) is 5.75 Å². The summed E-state index contributed by atoms with van der Waals surface area (Å²) in [6.45, 7) is 5.99. The molecule has 5 atom stereocenters. The molecular weight excluding hydrogens is 288 g/mol. The Morgan fingerprint density at radius 2 is 2.22 bits per heavy atom. The number of aliphatic hydroxyl groups is 1. The van der Waals surface area contributed by atoms with E-state index in [1.807, 2.05) is 6.07 Å². The minimum Gasteiger partial charge on any atom is -0.508 e. The van der Waals surface area contributed by atoms with Crippen LogP contribution in [0.2, 0.25) is 0 Å². The van der Waals surface area contributed by atoms with Gasteiger partial charge in [-0.2, -0.15) is 0 Å². The monoisotopic (exact) mass is 310 g/mol. The first-order valence-corrected chi connectivity index (χ1v) is 8.29. The van der Waals surface area contributed by atoms with Crippen molar-refractivity contribution in [2.45, 2.75) is 25.0 Å². The number of nitrogens with zero attached hydrogens (tertiary/aromatic N) is 2. The highest BCUT2D eigenvalue weighted by atomic mass is 16.3. The Labute approximate surface area is 136 Å². The van der Waals surface area contributed by atoms with E-state index in [2.05, 4.69) is 22.5 Å². The van der Waals surface area contributed by atoms with Crippen LogP contribution in [-0.2, 0) is 0 Å². The highest BCUT2D eigenvalue weighted by Gasteiger charge is 2.42. The van der Waals surface area contributed by atoms with Crippen molar-refractivity contribution in [1.82, 2.24) is 9.88 Å². The molecule has 1 aromatic carbocycles. The molecule has 3 fully saturated rings. The zero-order chi connectivity index (χ0) is 16.0. The highest BCUT2D eigenvalue weighted by Crippen LogP contribution is 2.42. The van der Waals surface area contributed by atoms with Crippen molar-refractivity contribution in [2.24, 2.45) is 11.8 Å². The molecule has 2 N–H and O–H groups in total. The van der Waals surface area contributed by atoms with Gasteiger partial charge in [-0.3, -0.25) is 9.88 Å². The largest absolute Gasteiger partial charge is 0.508 e. The third kappa shape index (κ3) is 2.42. The Morgan fingerprint density at radius 1 is 1.35 bits per heavy atom. The fraction of sp³-hybridized carbons (Fsp3) is 0.421. The van der Waals surface area contributed by atoms with Crippen LogP contribution in [-0.4, -0.2) is 39.2 Å². The third-order valence-corrected chi connectivity index (χ3v) is 5.60. The molecule has 4 heteroatoms. The molecule has 23 heavy (non-hydrogen) atoms. The second-order valence-corrected chi connectivity index (χ2v) is 6.79. The lowest BCUT2D eigenvalue weighted by Gasteiger charge is -2.50. The Hall–Kier alpha value is -1.91. The van der Waals surface area contributed by atoms with Crippen molar-refractivity contribution in [3.05, 3.63) is 48.7 Å². The first-order chi connectivity index (χ1) is 11.2. The summed E-state index contributed by atoms with van der Waals surface area (Å²) >= 11 is 0. The summed E-state index contributed by atoms with van der Waals surface area (Å²) in [5, 5.41) is 21.7. The number of hydrogen-bond donors (Lipinski definition) is 2. The van der Waals surface area contributed by atoms with Gasteiger partial charge in [-0.1, -0.05) is 6.08 Å². The van der Waals surface area contributed by atoms with Gasteiger partial charge in [0.2, 0.25) is 0 Å². The molecule has 0 radical (unpaired) electrons. The number of aromatic nitrogens is 1. The molecule has 0 spiro atoms. The predicted molar refractivity (Wildman–Crippen MR) is 90.1 cm³/mol. The Balaban J connectivity index is 1.69. The minimum absolute atomic E-state index is 0.137. The number of piperidine rings is 3. The summed E-state index contributed by atoms with van der Waals surface area (Å²) < 4.78 is 0. The standard InChI is InChI=1S/C19H22N2O2/c1-2-12-11-21-8-6-13(12)9-18(21)19(23)15-5-7-20-17-4-3-14(22)10-16(15)17/h2-5,7,10,12-13,18-19,22-23H,1,6,8-9,11H2/t12-,13?,18+,19?/m0/s1. The number of phenols is 1. The molecule has 0 saturated carbocycles. The van der Waals surface area contributed by atoms with Crippen molar-refractivity contribution >= 4 is 10.9 Å². The number of hydrogen-bond acceptors (Lipinski definition) is 4. The lowest BCUT2D eigenvalue weighted by molar-refractivity contribution is -0.0444. The van der Waals surface area contributed by atoms with Gasteiger partial charge in [-0.05, 0) is 61.1 Å². The van der Waals surface area contributed by atoms with Gasteiger partial charge < -0.3 is 10.2 Å². The van der Waals surface area contributed by atoms with Crippen molar-refractivity contribution in [3.63, 3.8) is 0 Å². The van der Waals surface area contributed by atoms with Gasteiger partial charge in [-0.25, -0.2) is 0 Å². The third-order valence-electron chi connectivity index (χ3n) is 5.60. The number of benzene rings is 1. The Morgan fingerprint density at radius 3 is 2.96 bits per heavy atom. The van der Waals surface area contributed by atoms with Gasteiger partial charge >= 0.3 is 0 Å². The van der Waals surface area contributed by atoms with Crippen LogP contribution in [0.4, 0.5) is 0 Å². The molecule has 5 rings (SSSR count). The first-order valence-electron chi connectivity index (χ1n) is 8.29. The van der Waals surface area contributed by atoms with Gasteiger partial charge in [0.25, 0.3) is 0 Å². The van der Waals surface area contributed by atoms with Crippen LogP contribution in [0.5, 0.6) is 5.75 Å². The maximum Gasteiger partial charge on any atom is 0.116 e. The maximum absolute atomic E-state index is 11.0. The quantitative estimate of drug-likeness (QED) is 0.856. The second kappa shape index (κ2) is 5.62. The molecule has 4 nitrogen and oxygen atoms in total. The first kappa shape index (κ1) is 14.7. The Bertz CT molecular complexity index is 745. The van der Waals surface area contributed by atoms with E-state index in [0.717, 1.165) is 36.0 Å². The minimum atomic E-state index is -0.559. The average molecular weight is 310 g/mol. The Kier molecular flexibility index (Phi) is 3.58. The van der Waals surface area contributed by atoms with E-state index in [-0.39, 0.29) is 11.8 Å². The number of rotatable bonds is 3. The fourth-order valence-electron chi connectivity index (χ4n) is 4.33. The van der Waals surface area contributed by atoms with Crippen molar-refractivity contribution in [3.8, 4) is 5.75 Å². The van der Waals surface area contributed by atoms with E-state index >= 15 is 0 Å². The molecule has 0 amide bonds. The van der Waals surface area contributed by atoms with Gasteiger partial charge in [-0.15, -0.1) is 6.58 Å². The summed E-state index contributed by atoms with van der Waals surface area (Å²) in [4.78, 5) is 6.73. The molecule has 3 saturated heterocycles. The number of pyridine rings is 1. The molecular formula is C19H22N2O2. The van der Waals surface area contributed by atoms with E-state index < -0.39 is 6.10 Å². The van der Waals surface area contributed by atoms with Crippen molar-refractivity contribution < 1.29 is 10.2 Å². The molecule has 0 aliphatic carbocycles. The molecule has 4 heterocycles. The zero-order valence-corrected chi connectivity index (χ0v) is 13.1. The molecule has 1 aromatic heterocycles. The molecule has 120 valence electrons. The van der Waals surface area contributed by atoms with Gasteiger partial charge in [0, 0.05) is 24.2 Å². The SMILES string of the molecule is C=C[C@H]1CN2CCC1C[C@@H]2C(O)c1ccnc2ccc(O)cc12. The number of aromatic hydroxyl groups is 1. The topological polar surface area (TPSA) is 56.6 Å². The van der Waals surface area contributed by atoms with Crippen LogP contribution in [0.1, 0.15) is 24.5 Å². The normalized spacial score (nSPS) is 31.2. The maximum atomic E-state index is 11.0. The van der Waals surface area contributed by atoms with Crippen LogP contribution >= 0.6 is 0 Å². The van der Waals surface area contributed by atoms with E-state index in [1.165, 1.54) is 6.42 Å². The number of fused-ring (bicyclic) bond motifs is 4. The summed E-state index contributed by atoms with van der Waals surface area (Å²) in [6, 6.07) is 7.14. The summed E-state index contributed by atoms with van der Waals surface area (Å²) in [7, 11) is 0. The molecule has 2 aromatic rings. The number of phenolic OH excluding ortho intramolecular Hbond substituents is 1. The van der Waals surface area contributed by atoms with Crippen LogP contribution in [0.3, 0.4) is 0 Å². The average Bonchev–Trinajstić information content (AvgIpc) is 2.60. The van der Waals surface area contributed by atoms with Crippen molar-refractivity contribution in [2.75, 3.05) is 13.1 Å². The predicted octanol–water partition coefficient (Wildman–Crippen LogP) is 2.87. The summed E-state index contributed by atoms with van der Waals surface area (Å²) in [5.74, 6) is 1.38. The van der Waals surface area contributed by atoms with Crippen LogP contribution < -0.4 is 0 Å². The molecule has 3 unspecified atom stereocenters. The molecule has 3 aliphatic heterocycles. The summed E-state index contributed by atoms with van der Waals surface area (Å²) in [6.07, 6.45) is 5.44. The van der Waals surface area contributed by atoms with E-state index in [0.29, 0.717) is 11.8 Å². The fourth-order valence-corrected chi connectivity index (χ4v) is 4.33. The zero-order valence-electron chi connectivity index (χ0n) is 13.1. The lowest BCUT2D eigenvalue weighted by atomic mass is 9.73. The van der Waals surface area contributed by atoms with Gasteiger partial charge in [0.05, 0.1) is 11.6 Å². The molecule has 2 bridgehead atoms. The summed E-state index contributed by atoms with van der Waals surface area (Å²) in [5.41, 5.74) is 1.66. The number of aliphatic hydroxyl groups excluding tert-OH is 1. The van der Waals surface area contributed by atoms with E-state index in [9.17, 15) is 10.2 Å². The highest BCUT2D eigenvalue weighted by molar-refractivity contribution is 5.83. The van der Waals surface area contributed by atoms with Gasteiger partial charge in [0.15, 0.2) is 0 Å². The lowest BCUT2D eigenvalue weighted by Crippen LogP contribution is -2.54. The second-order valence-electron chi connectivity index (χ2n) is 6.79. The van der Waals surface area contributed by atoms with Crippen LogP contribution in [0.25, 0.3) is 10.9 Å². The van der Waals surface area contributed by atoms with Crippen LogP contribution in [0, 0.1) is 11.8 Å².